The van der Waals surface area contributed by atoms with Crippen molar-refractivity contribution in [1.82, 2.24) is 10.2 Å². The maximum atomic E-state index is 10.9. The summed E-state index contributed by atoms with van der Waals surface area (Å²) in [4.78, 5) is 21.2. The second-order valence-corrected chi connectivity index (χ2v) is 2.05. The third-order valence-corrected chi connectivity index (χ3v) is 1.23. The monoisotopic (exact) mass is 154 g/mol. The molecule has 0 radical (unpaired) electrons. The highest BCUT2D eigenvalue weighted by Gasteiger charge is 2.10. The number of aromatic amines is 1. The van der Waals surface area contributed by atoms with E-state index in [0.29, 0.717) is 5.56 Å². The van der Waals surface area contributed by atoms with Crippen molar-refractivity contribution >= 4 is 5.97 Å². The van der Waals surface area contributed by atoms with Gasteiger partial charge < -0.3 is 5.11 Å². The largest absolute Gasteiger partial charge is 0.476 e. The van der Waals surface area contributed by atoms with Crippen molar-refractivity contribution in [2.45, 2.75) is 6.92 Å². The van der Waals surface area contributed by atoms with Crippen LogP contribution < -0.4 is 5.43 Å². The van der Waals surface area contributed by atoms with Crippen LogP contribution in [0, 0.1) is 6.92 Å². The predicted octanol–water partition coefficient (Wildman–Crippen LogP) is -0.223. The third kappa shape index (κ3) is 1.26. The van der Waals surface area contributed by atoms with Gasteiger partial charge in [0.05, 0.1) is 0 Å². The molecule has 0 amide bonds. The van der Waals surface area contributed by atoms with E-state index in [4.69, 9.17) is 5.11 Å². The Morgan fingerprint density at radius 2 is 2.36 bits per heavy atom. The second-order valence-electron chi connectivity index (χ2n) is 2.05. The molecule has 0 saturated heterocycles. The maximum absolute atomic E-state index is 10.9. The number of carboxylic acids is 1. The minimum Gasteiger partial charge on any atom is -0.476 e. The predicted molar refractivity (Wildman–Crippen MR) is 36.6 cm³/mol. The Morgan fingerprint density at radius 3 is 2.82 bits per heavy atom. The van der Waals surface area contributed by atoms with Gasteiger partial charge in [-0.3, -0.25) is 9.89 Å². The van der Waals surface area contributed by atoms with Crippen LogP contribution in [0.4, 0.5) is 0 Å². The molecule has 5 heteroatoms. The highest BCUT2D eigenvalue weighted by atomic mass is 16.4. The first-order valence-electron chi connectivity index (χ1n) is 2.91. The van der Waals surface area contributed by atoms with E-state index in [0.717, 1.165) is 0 Å². The van der Waals surface area contributed by atoms with Gasteiger partial charge in [-0.15, -0.1) is 0 Å². The number of hydrogen-bond donors (Lipinski definition) is 2. The summed E-state index contributed by atoms with van der Waals surface area (Å²) >= 11 is 0. The minimum absolute atomic E-state index is 0.345. The fourth-order valence-electron chi connectivity index (χ4n) is 0.642. The first-order chi connectivity index (χ1) is 5.13. The molecule has 0 bridgehead atoms. The molecule has 58 valence electrons. The number of aromatic nitrogens is 2. The van der Waals surface area contributed by atoms with Crippen LogP contribution >= 0.6 is 0 Å². The summed E-state index contributed by atoms with van der Waals surface area (Å²) in [6.45, 7) is 1.52. The molecule has 0 aliphatic rings. The van der Waals surface area contributed by atoms with Crippen LogP contribution in [0.3, 0.4) is 0 Å². The van der Waals surface area contributed by atoms with Gasteiger partial charge in [-0.25, -0.2) is 4.79 Å². The van der Waals surface area contributed by atoms with Crippen LogP contribution in [0.25, 0.3) is 0 Å². The van der Waals surface area contributed by atoms with E-state index in [1.807, 2.05) is 0 Å². The fourth-order valence-corrected chi connectivity index (χ4v) is 0.642. The van der Waals surface area contributed by atoms with Gasteiger partial charge in [-0.05, 0) is 6.92 Å². The number of nitrogens with zero attached hydrogens (tertiary/aromatic N) is 1. The maximum Gasteiger partial charge on any atom is 0.360 e. The zero-order valence-electron chi connectivity index (χ0n) is 5.79. The average Bonchev–Trinajstić information content (AvgIpc) is 1.94. The molecule has 0 aliphatic carbocycles. The number of carbonyl (C=O) groups is 1. The molecule has 0 saturated carbocycles. The van der Waals surface area contributed by atoms with Gasteiger partial charge in [-0.1, -0.05) is 0 Å². The fraction of sp³-hybridized carbons (Fsp3) is 0.167. The molecule has 0 fully saturated rings. The molecule has 1 rings (SSSR count). The van der Waals surface area contributed by atoms with Crippen molar-refractivity contribution in [3.05, 3.63) is 27.7 Å². The lowest BCUT2D eigenvalue weighted by Gasteiger charge is -1.92. The Balaban J connectivity index is 3.40. The summed E-state index contributed by atoms with van der Waals surface area (Å²) < 4.78 is 0. The molecule has 2 N–H and O–H groups in total. The molecule has 1 aromatic rings. The smallest absolute Gasteiger partial charge is 0.360 e. The minimum atomic E-state index is -1.31. The molecule has 1 heterocycles. The average molecular weight is 154 g/mol. The summed E-state index contributed by atoms with van der Waals surface area (Å²) in [7, 11) is 0. The van der Waals surface area contributed by atoms with Crippen molar-refractivity contribution in [2.75, 3.05) is 0 Å². The summed E-state index contributed by atoms with van der Waals surface area (Å²) in [5.74, 6) is -1.31. The Kier molecular flexibility index (Phi) is 1.72. The molecule has 1 aromatic heterocycles. The standard InChI is InChI=1S/C6H6N2O3/c1-3-2-7-8-4(5(3)9)6(10)11/h2H,1H3,(H,7,9)(H,10,11). The van der Waals surface area contributed by atoms with Gasteiger partial charge in [0, 0.05) is 11.8 Å². The molecule has 11 heavy (non-hydrogen) atoms. The van der Waals surface area contributed by atoms with Gasteiger partial charge in [0.15, 0.2) is 0 Å². The number of rotatable bonds is 1. The summed E-state index contributed by atoms with van der Waals surface area (Å²) in [6.07, 6.45) is 1.36. The normalized spacial score (nSPS) is 9.55. The Bertz CT molecular complexity index is 342. The highest BCUT2D eigenvalue weighted by Crippen LogP contribution is 1.86. The first-order valence-corrected chi connectivity index (χ1v) is 2.91. The van der Waals surface area contributed by atoms with Crippen LogP contribution in [-0.4, -0.2) is 21.3 Å². The Hall–Kier alpha value is -1.65. The van der Waals surface area contributed by atoms with E-state index >= 15 is 0 Å². The molecule has 0 atom stereocenters. The quantitative estimate of drug-likeness (QED) is 0.585. The van der Waals surface area contributed by atoms with Gasteiger partial charge in [-0.2, -0.15) is 5.10 Å². The lowest BCUT2D eigenvalue weighted by Crippen LogP contribution is -2.19. The molecule has 0 aliphatic heterocycles. The van der Waals surface area contributed by atoms with Gasteiger partial charge in [0.2, 0.25) is 11.1 Å². The van der Waals surface area contributed by atoms with Gasteiger partial charge >= 0.3 is 5.97 Å². The zero-order chi connectivity index (χ0) is 8.43. The van der Waals surface area contributed by atoms with E-state index in [1.165, 1.54) is 13.1 Å². The van der Waals surface area contributed by atoms with Crippen molar-refractivity contribution < 1.29 is 9.90 Å². The first kappa shape index (κ1) is 7.46. The third-order valence-electron chi connectivity index (χ3n) is 1.23. The lowest BCUT2D eigenvalue weighted by molar-refractivity contribution is 0.0687. The molecule has 0 aromatic carbocycles. The van der Waals surface area contributed by atoms with Crippen LogP contribution in [0.2, 0.25) is 0 Å². The van der Waals surface area contributed by atoms with Crippen molar-refractivity contribution in [1.29, 1.82) is 0 Å². The molecule has 0 unspecified atom stereocenters. The number of hydrogen-bond acceptors (Lipinski definition) is 3. The topological polar surface area (TPSA) is 83.1 Å². The van der Waals surface area contributed by atoms with Crippen LogP contribution in [0.15, 0.2) is 11.0 Å². The Labute approximate surface area is 61.7 Å². The van der Waals surface area contributed by atoms with Gasteiger partial charge in [0.25, 0.3) is 0 Å². The summed E-state index contributed by atoms with van der Waals surface area (Å²) in [6, 6.07) is 0. The van der Waals surface area contributed by atoms with E-state index in [2.05, 4.69) is 10.2 Å². The summed E-state index contributed by atoms with van der Waals surface area (Å²) in [5, 5.41) is 14.0. The van der Waals surface area contributed by atoms with E-state index in [9.17, 15) is 9.59 Å². The molecule has 5 nitrogen and oxygen atoms in total. The molecule has 0 spiro atoms. The van der Waals surface area contributed by atoms with Crippen molar-refractivity contribution in [2.24, 2.45) is 0 Å². The Morgan fingerprint density at radius 1 is 1.73 bits per heavy atom. The SMILES string of the molecule is Cc1c[nH]nc(C(=O)O)c1=O. The van der Waals surface area contributed by atoms with Gasteiger partial charge in [0.1, 0.15) is 0 Å². The number of carboxylic acid groups (broad SMARTS) is 1. The second kappa shape index (κ2) is 2.53. The lowest BCUT2D eigenvalue weighted by atomic mass is 10.3. The number of aromatic carboxylic acids is 1. The van der Waals surface area contributed by atoms with Crippen molar-refractivity contribution in [3.63, 3.8) is 0 Å². The molecular weight excluding hydrogens is 148 g/mol. The van der Waals surface area contributed by atoms with Crippen LogP contribution in [0.5, 0.6) is 0 Å². The highest BCUT2D eigenvalue weighted by molar-refractivity contribution is 5.85. The van der Waals surface area contributed by atoms with E-state index in [-0.39, 0.29) is 0 Å². The molecular formula is C6H6N2O3. The number of nitrogens with one attached hydrogen (secondary N) is 1. The van der Waals surface area contributed by atoms with Crippen LogP contribution in [0.1, 0.15) is 16.1 Å². The van der Waals surface area contributed by atoms with E-state index < -0.39 is 17.1 Å². The van der Waals surface area contributed by atoms with Crippen molar-refractivity contribution in [3.8, 4) is 0 Å². The van der Waals surface area contributed by atoms with Crippen LogP contribution in [-0.2, 0) is 0 Å². The zero-order valence-corrected chi connectivity index (χ0v) is 5.79. The van der Waals surface area contributed by atoms with E-state index in [1.54, 1.807) is 0 Å². The summed E-state index contributed by atoms with van der Waals surface area (Å²) in [5.41, 5.74) is -0.668. The number of aryl methyl sites for hydroxylation is 1. The number of H-pyrrole nitrogens is 1.